The Bertz CT molecular complexity index is 658. The van der Waals surface area contributed by atoms with Crippen molar-refractivity contribution < 1.29 is 0 Å². The highest BCUT2D eigenvalue weighted by atomic mass is 35.5. The second kappa shape index (κ2) is 7.23. The normalized spacial score (nSPS) is 10.9. The van der Waals surface area contributed by atoms with Gasteiger partial charge in [0.2, 0.25) is 0 Å². The topological polar surface area (TPSA) is 29.3 Å². The van der Waals surface area contributed by atoms with E-state index in [1.165, 1.54) is 0 Å². The summed E-state index contributed by atoms with van der Waals surface area (Å²) in [7, 11) is 2.03. The molecule has 2 nitrogen and oxygen atoms in total. The van der Waals surface area contributed by atoms with Crippen LogP contribution >= 0.6 is 35.4 Å². The minimum Gasteiger partial charge on any atom is -0.389 e. The fourth-order valence-electron chi connectivity index (χ4n) is 2.15. The van der Waals surface area contributed by atoms with Gasteiger partial charge in [-0.1, -0.05) is 65.8 Å². The van der Waals surface area contributed by atoms with Crippen LogP contribution in [0.5, 0.6) is 0 Å². The maximum absolute atomic E-state index is 6.21. The van der Waals surface area contributed by atoms with E-state index in [4.69, 9.17) is 41.2 Å². The number of hydrogen-bond acceptors (Lipinski definition) is 2. The van der Waals surface area contributed by atoms with Crippen molar-refractivity contribution in [1.82, 2.24) is 4.90 Å². The number of nitrogens with zero attached hydrogens (tertiary/aromatic N) is 1. The van der Waals surface area contributed by atoms with Crippen LogP contribution in [0.25, 0.3) is 0 Å². The van der Waals surface area contributed by atoms with Gasteiger partial charge in [-0.25, -0.2) is 0 Å². The molecule has 2 N–H and O–H groups in total. The molecule has 110 valence electrons. The van der Waals surface area contributed by atoms with Gasteiger partial charge in [-0.15, -0.1) is 0 Å². The number of thiocarbonyl (C=S) groups is 1. The van der Waals surface area contributed by atoms with Crippen LogP contribution in [0.4, 0.5) is 0 Å². The lowest BCUT2D eigenvalue weighted by atomic mass is 10.1. The summed E-state index contributed by atoms with van der Waals surface area (Å²) in [5, 5.41) is 1.20. The third kappa shape index (κ3) is 4.42. The van der Waals surface area contributed by atoms with Crippen LogP contribution in [0.1, 0.15) is 16.7 Å². The van der Waals surface area contributed by atoms with Gasteiger partial charge in [0.1, 0.15) is 4.99 Å². The molecule has 0 amide bonds. The van der Waals surface area contributed by atoms with Gasteiger partial charge in [-0.3, -0.25) is 4.90 Å². The quantitative estimate of drug-likeness (QED) is 0.826. The third-order valence-corrected chi connectivity index (χ3v) is 4.23. The Kier molecular flexibility index (Phi) is 5.59. The first kappa shape index (κ1) is 16.2. The van der Waals surface area contributed by atoms with E-state index in [9.17, 15) is 0 Å². The zero-order valence-electron chi connectivity index (χ0n) is 11.6. The largest absolute Gasteiger partial charge is 0.389 e. The summed E-state index contributed by atoms with van der Waals surface area (Å²) in [5.74, 6) is 0. The van der Waals surface area contributed by atoms with Gasteiger partial charge in [0.15, 0.2) is 0 Å². The summed E-state index contributed by atoms with van der Waals surface area (Å²) < 4.78 is 0. The predicted molar refractivity (Wildman–Crippen MR) is 94.0 cm³/mol. The molecule has 0 aliphatic heterocycles. The Balaban J connectivity index is 2.08. The highest BCUT2D eigenvalue weighted by molar-refractivity contribution is 7.80. The lowest BCUT2D eigenvalue weighted by molar-refractivity contribution is 0.319. The number of rotatable bonds is 5. The second-order valence-corrected chi connectivity index (χ2v) is 6.17. The average molecular weight is 339 g/mol. The van der Waals surface area contributed by atoms with Crippen molar-refractivity contribution in [3.8, 4) is 0 Å². The summed E-state index contributed by atoms with van der Waals surface area (Å²) in [6, 6.07) is 13.6. The van der Waals surface area contributed by atoms with Crippen molar-refractivity contribution in [3.63, 3.8) is 0 Å². The Hall–Kier alpha value is -1.13. The molecule has 0 saturated carbocycles. The Morgan fingerprint density at radius 1 is 1.14 bits per heavy atom. The molecule has 0 aromatic heterocycles. The van der Waals surface area contributed by atoms with E-state index < -0.39 is 0 Å². The molecule has 0 aliphatic carbocycles. The van der Waals surface area contributed by atoms with E-state index in [1.54, 1.807) is 6.07 Å². The van der Waals surface area contributed by atoms with Crippen LogP contribution in [0.2, 0.25) is 10.0 Å². The van der Waals surface area contributed by atoms with Gasteiger partial charge in [0.05, 0.1) is 10.0 Å². The Morgan fingerprint density at radius 3 is 2.57 bits per heavy atom. The van der Waals surface area contributed by atoms with Crippen molar-refractivity contribution in [2.75, 3.05) is 7.05 Å². The number of benzene rings is 2. The van der Waals surface area contributed by atoms with E-state index in [2.05, 4.69) is 11.0 Å². The second-order valence-electron chi connectivity index (χ2n) is 4.95. The molecule has 0 atom stereocenters. The Morgan fingerprint density at radius 2 is 1.86 bits per heavy atom. The number of halogens is 2. The van der Waals surface area contributed by atoms with Gasteiger partial charge in [-0.2, -0.15) is 0 Å². The van der Waals surface area contributed by atoms with Gasteiger partial charge in [0.25, 0.3) is 0 Å². The van der Waals surface area contributed by atoms with Crippen molar-refractivity contribution in [1.29, 1.82) is 0 Å². The van der Waals surface area contributed by atoms with Crippen molar-refractivity contribution in [3.05, 3.63) is 69.2 Å². The zero-order chi connectivity index (χ0) is 15.4. The Labute approximate surface area is 140 Å². The molecule has 0 heterocycles. The highest BCUT2D eigenvalue weighted by Crippen LogP contribution is 2.26. The van der Waals surface area contributed by atoms with Gasteiger partial charge in [-0.05, 0) is 30.3 Å². The summed E-state index contributed by atoms with van der Waals surface area (Å²) in [5.41, 5.74) is 8.71. The molecule has 21 heavy (non-hydrogen) atoms. The molecular formula is C16H16Cl2N2S. The van der Waals surface area contributed by atoms with Crippen LogP contribution in [0, 0.1) is 0 Å². The van der Waals surface area contributed by atoms with Gasteiger partial charge >= 0.3 is 0 Å². The molecule has 5 heteroatoms. The molecule has 0 aliphatic rings. The maximum Gasteiger partial charge on any atom is 0.103 e. The van der Waals surface area contributed by atoms with E-state index in [0.717, 1.165) is 29.8 Å². The summed E-state index contributed by atoms with van der Waals surface area (Å²) >= 11 is 17.3. The molecule has 0 spiro atoms. The molecular weight excluding hydrogens is 323 g/mol. The van der Waals surface area contributed by atoms with Crippen LogP contribution in [-0.4, -0.2) is 16.9 Å². The fraction of sp³-hybridized carbons (Fsp3) is 0.188. The SMILES string of the molecule is CN(Cc1cccc(C(N)=S)c1)Cc1cccc(Cl)c1Cl. The highest BCUT2D eigenvalue weighted by Gasteiger charge is 2.08. The summed E-state index contributed by atoms with van der Waals surface area (Å²) in [6.07, 6.45) is 0. The van der Waals surface area contributed by atoms with Crippen molar-refractivity contribution in [2.24, 2.45) is 5.73 Å². The van der Waals surface area contributed by atoms with Crippen LogP contribution in [0.3, 0.4) is 0 Å². The molecule has 0 fully saturated rings. The summed E-state index contributed by atoms with van der Waals surface area (Å²) in [6.45, 7) is 1.50. The van der Waals surface area contributed by atoms with Gasteiger partial charge in [0, 0.05) is 18.7 Å². The minimum atomic E-state index is 0.414. The predicted octanol–water partition coefficient (Wildman–Crippen LogP) is 4.26. The van der Waals surface area contributed by atoms with E-state index in [1.807, 2.05) is 37.4 Å². The molecule has 2 aromatic rings. The first-order chi connectivity index (χ1) is 9.97. The van der Waals surface area contributed by atoms with E-state index in [0.29, 0.717) is 15.0 Å². The number of nitrogens with two attached hydrogens (primary N) is 1. The van der Waals surface area contributed by atoms with Crippen LogP contribution in [0.15, 0.2) is 42.5 Å². The maximum atomic E-state index is 6.21. The van der Waals surface area contributed by atoms with Crippen LogP contribution in [-0.2, 0) is 13.1 Å². The smallest absolute Gasteiger partial charge is 0.103 e. The first-order valence-corrected chi connectivity index (χ1v) is 7.64. The van der Waals surface area contributed by atoms with Gasteiger partial charge < -0.3 is 5.73 Å². The minimum absolute atomic E-state index is 0.414. The first-order valence-electron chi connectivity index (χ1n) is 6.47. The zero-order valence-corrected chi connectivity index (χ0v) is 14.0. The lowest BCUT2D eigenvalue weighted by Crippen LogP contribution is -2.18. The third-order valence-electron chi connectivity index (χ3n) is 3.14. The van der Waals surface area contributed by atoms with E-state index >= 15 is 0 Å². The molecule has 0 radical (unpaired) electrons. The molecule has 2 aromatic carbocycles. The fourth-order valence-corrected chi connectivity index (χ4v) is 2.66. The van der Waals surface area contributed by atoms with E-state index in [-0.39, 0.29) is 0 Å². The molecule has 0 saturated heterocycles. The standard InChI is InChI=1S/C16H16Cl2N2S/c1-20(10-13-6-3-7-14(17)15(13)18)9-11-4-2-5-12(8-11)16(19)21/h2-8H,9-10H2,1H3,(H2,19,21). The number of hydrogen-bond donors (Lipinski definition) is 1. The van der Waals surface area contributed by atoms with Crippen LogP contribution < -0.4 is 5.73 Å². The monoisotopic (exact) mass is 338 g/mol. The van der Waals surface area contributed by atoms with Crippen molar-refractivity contribution in [2.45, 2.75) is 13.1 Å². The average Bonchev–Trinajstić information content (AvgIpc) is 2.44. The molecule has 2 rings (SSSR count). The molecule has 0 bridgehead atoms. The summed E-state index contributed by atoms with van der Waals surface area (Å²) in [4.78, 5) is 2.58. The van der Waals surface area contributed by atoms with Crippen molar-refractivity contribution >= 4 is 40.4 Å². The lowest BCUT2D eigenvalue weighted by Gasteiger charge is -2.18. The molecule has 0 unspecified atom stereocenters.